The number of hydrogen-bond donors (Lipinski definition) is 0. The van der Waals surface area contributed by atoms with Crippen LogP contribution in [0.15, 0.2) is 72.9 Å². The quantitative estimate of drug-likeness (QED) is 0.653. The zero-order valence-electron chi connectivity index (χ0n) is 15.1. The van der Waals surface area contributed by atoms with Gasteiger partial charge < -0.3 is 9.64 Å². The predicted molar refractivity (Wildman–Crippen MR) is 107 cm³/mol. The van der Waals surface area contributed by atoms with Crippen LogP contribution in [0.4, 0.5) is 0 Å². The highest BCUT2D eigenvalue weighted by atomic mass is 16.5. The molecule has 1 aromatic heterocycles. The molecular weight excluding hydrogens is 336 g/mol. The third-order valence-corrected chi connectivity index (χ3v) is 4.86. The molecule has 2 heterocycles. The summed E-state index contributed by atoms with van der Waals surface area (Å²) < 4.78 is 6.21. The van der Waals surface area contributed by atoms with E-state index in [-0.39, 0.29) is 12.0 Å². The van der Waals surface area contributed by atoms with Gasteiger partial charge in [0.05, 0.1) is 0 Å². The van der Waals surface area contributed by atoms with Crippen molar-refractivity contribution in [2.45, 2.75) is 18.9 Å². The summed E-state index contributed by atoms with van der Waals surface area (Å²) in [5, 5.41) is 1.08. The normalized spacial score (nSPS) is 15.3. The molecule has 1 aliphatic heterocycles. The van der Waals surface area contributed by atoms with Crippen LogP contribution < -0.4 is 4.74 Å². The number of benzene rings is 2. The maximum Gasteiger partial charge on any atom is 0.246 e. The Morgan fingerprint density at radius 1 is 1.00 bits per heavy atom. The molecule has 27 heavy (non-hydrogen) atoms. The number of aromatic nitrogens is 1. The highest BCUT2D eigenvalue weighted by Gasteiger charge is 2.23. The van der Waals surface area contributed by atoms with Crippen molar-refractivity contribution in [3.63, 3.8) is 0 Å². The monoisotopic (exact) mass is 358 g/mol. The van der Waals surface area contributed by atoms with E-state index in [1.165, 1.54) is 0 Å². The molecule has 1 fully saturated rings. The molecule has 1 saturated heterocycles. The highest BCUT2D eigenvalue weighted by Crippen LogP contribution is 2.26. The van der Waals surface area contributed by atoms with E-state index in [0.717, 1.165) is 35.1 Å². The van der Waals surface area contributed by atoms with E-state index < -0.39 is 0 Å². The average Bonchev–Trinajstić information content (AvgIpc) is 2.74. The topological polar surface area (TPSA) is 42.4 Å². The molecule has 0 saturated carbocycles. The lowest BCUT2D eigenvalue weighted by Gasteiger charge is -2.31. The molecule has 0 aliphatic carbocycles. The molecule has 0 bridgehead atoms. The number of hydrogen-bond acceptors (Lipinski definition) is 3. The summed E-state index contributed by atoms with van der Waals surface area (Å²) in [6, 6.07) is 19.8. The highest BCUT2D eigenvalue weighted by molar-refractivity contribution is 5.91. The molecule has 1 aliphatic rings. The Labute approximate surface area is 159 Å². The fraction of sp³-hybridized carbons (Fsp3) is 0.217. The van der Waals surface area contributed by atoms with Crippen LogP contribution in [0.3, 0.4) is 0 Å². The number of likely N-dealkylation sites (tertiary alicyclic amines) is 1. The summed E-state index contributed by atoms with van der Waals surface area (Å²) in [5.41, 5.74) is 1.93. The Bertz CT molecular complexity index is 940. The number of amides is 1. The average molecular weight is 358 g/mol. The van der Waals surface area contributed by atoms with Crippen molar-refractivity contribution in [2.75, 3.05) is 13.1 Å². The summed E-state index contributed by atoms with van der Waals surface area (Å²) >= 11 is 0. The first kappa shape index (κ1) is 17.3. The minimum Gasteiger partial charge on any atom is -0.488 e. The molecule has 0 atom stereocenters. The second kappa shape index (κ2) is 8.04. The number of nitrogens with zero attached hydrogens (tertiary/aromatic N) is 2. The fourth-order valence-corrected chi connectivity index (χ4v) is 3.38. The molecule has 0 radical (unpaired) electrons. The zero-order chi connectivity index (χ0) is 18.5. The Kier molecular flexibility index (Phi) is 5.15. The number of carbonyl (C=O) groups is 1. The van der Waals surface area contributed by atoms with Gasteiger partial charge in [-0.15, -0.1) is 0 Å². The number of para-hydroxylation sites is 1. The van der Waals surface area contributed by atoms with Gasteiger partial charge >= 0.3 is 0 Å². The van der Waals surface area contributed by atoms with Gasteiger partial charge in [-0.2, -0.15) is 0 Å². The van der Waals surface area contributed by atoms with Crippen LogP contribution in [0, 0.1) is 0 Å². The third kappa shape index (κ3) is 4.17. The van der Waals surface area contributed by atoms with Gasteiger partial charge in [-0.3, -0.25) is 9.78 Å². The molecule has 0 unspecified atom stereocenters. The Hall–Kier alpha value is -3.14. The van der Waals surface area contributed by atoms with Crippen LogP contribution in [0.25, 0.3) is 17.0 Å². The first-order valence-corrected chi connectivity index (χ1v) is 9.32. The van der Waals surface area contributed by atoms with Gasteiger partial charge in [-0.25, -0.2) is 0 Å². The second-order valence-electron chi connectivity index (χ2n) is 6.72. The third-order valence-electron chi connectivity index (χ3n) is 4.86. The van der Waals surface area contributed by atoms with Gasteiger partial charge in [0, 0.05) is 43.6 Å². The van der Waals surface area contributed by atoms with Gasteiger partial charge in [0.2, 0.25) is 5.91 Å². The second-order valence-corrected chi connectivity index (χ2v) is 6.72. The molecule has 1 amide bonds. The van der Waals surface area contributed by atoms with Gasteiger partial charge in [0.15, 0.2) is 0 Å². The zero-order valence-corrected chi connectivity index (χ0v) is 15.1. The van der Waals surface area contributed by atoms with Gasteiger partial charge in [0.25, 0.3) is 0 Å². The lowest BCUT2D eigenvalue weighted by Crippen LogP contribution is -2.41. The van der Waals surface area contributed by atoms with Crippen molar-refractivity contribution in [1.29, 1.82) is 0 Å². The summed E-state index contributed by atoms with van der Waals surface area (Å²) in [7, 11) is 0. The van der Waals surface area contributed by atoms with E-state index in [1.807, 2.05) is 71.6 Å². The molecule has 136 valence electrons. The number of ether oxygens (including phenoxy) is 1. The van der Waals surface area contributed by atoms with E-state index in [1.54, 1.807) is 12.3 Å². The van der Waals surface area contributed by atoms with E-state index in [0.29, 0.717) is 13.1 Å². The van der Waals surface area contributed by atoms with Crippen molar-refractivity contribution >= 4 is 22.9 Å². The number of fused-ring (bicyclic) bond motifs is 1. The van der Waals surface area contributed by atoms with Crippen LogP contribution in [-0.2, 0) is 4.79 Å². The SMILES string of the molecule is O=C(/C=C/c1ccccc1)N1CCC(Oc2cccc3cccnc23)CC1. The molecule has 3 aromatic rings. The summed E-state index contributed by atoms with van der Waals surface area (Å²) in [4.78, 5) is 18.7. The van der Waals surface area contributed by atoms with Crippen molar-refractivity contribution in [3.05, 3.63) is 78.5 Å². The number of piperidine rings is 1. The summed E-state index contributed by atoms with van der Waals surface area (Å²) in [6.07, 6.45) is 7.08. The smallest absolute Gasteiger partial charge is 0.246 e. The predicted octanol–water partition coefficient (Wildman–Crippen LogP) is 4.32. The van der Waals surface area contributed by atoms with Gasteiger partial charge in [-0.05, 0) is 23.8 Å². The molecular formula is C23H22N2O2. The number of rotatable bonds is 4. The fourth-order valence-electron chi connectivity index (χ4n) is 3.38. The largest absolute Gasteiger partial charge is 0.488 e. The molecule has 4 rings (SSSR count). The van der Waals surface area contributed by atoms with E-state index in [9.17, 15) is 4.79 Å². The van der Waals surface area contributed by atoms with Crippen molar-refractivity contribution in [3.8, 4) is 5.75 Å². The van der Waals surface area contributed by atoms with Crippen molar-refractivity contribution < 1.29 is 9.53 Å². The van der Waals surface area contributed by atoms with Crippen molar-refractivity contribution in [2.24, 2.45) is 0 Å². The maximum absolute atomic E-state index is 12.4. The number of carbonyl (C=O) groups excluding carboxylic acids is 1. The van der Waals surface area contributed by atoms with Crippen LogP contribution in [0.5, 0.6) is 5.75 Å². The first-order valence-electron chi connectivity index (χ1n) is 9.32. The Morgan fingerprint density at radius 3 is 2.59 bits per heavy atom. The molecule has 4 nitrogen and oxygen atoms in total. The number of pyridine rings is 1. The first-order chi connectivity index (χ1) is 13.3. The Balaban J connectivity index is 1.35. The van der Waals surface area contributed by atoms with Crippen LogP contribution in [-0.4, -0.2) is 35.0 Å². The molecule has 0 N–H and O–H groups in total. The summed E-state index contributed by atoms with van der Waals surface area (Å²) in [5.74, 6) is 0.881. The molecule has 4 heteroatoms. The summed E-state index contributed by atoms with van der Waals surface area (Å²) in [6.45, 7) is 1.42. The van der Waals surface area contributed by atoms with Gasteiger partial charge in [0.1, 0.15) is 17.4 Å². The Morgan fingerprint density at radius 2 is 1.78 bits per heavy atom. The molecule has 2 aromatic carbocycles. The van der Waals surface area contributed by atoms with Crippen LogP contribution >= 0.6 is 0 Å². The molecule has 0 spiro atoms. The maximum atomic E-state index is 12.4. The van der Waals surface area contributed by atoms with E-state index >= 15 is 0 Å². The lowest BCUT2D eigenvalue weighted by atomic mass is 10.1. The van der Waals surface area contributed by atoms with Gasteiger partial charge in [-0.1, -0.05) is 48.5 Å². The lowest BCUT2D eigenvalue weighted by molar-refractivity contribution is -0.127. The minimum absolute atomic E-state index is 0.0594. The van der Waals surface area contributed by atoms with Crippen LogP contribution in [0.1, 0.15) is 18.4 Å². The van der Waals surface area contributed by atoms with E-state index in [4.69, 9.17) is 4.74 Å². The standard InChI is InChI=1S/C23H22N2O2/c26-22(12-11-18-6-2-1-3-7-18)25-16-13-20(14-17-25)27-21-10-4-8-19-9-5-15-24-23(19)21/h1-12,15,20H,13-14,16-17H2/b12-11+. The minimum atomic E-state index is 0.0594. The van der Waals surface area contributed by atoms with Crippen molar-refractivity contribution in [1.82, 2.24) is 9.88 Å². The van der Waals surface area contributed by atoms with Crippen LogP contribution in [0.2, 0.25) is 0 Å². The van der Waals surface area contributed by atoms with E-state index in [2.05, 4.69) is 4.98 Å².